The van der Waals surface area contributed by atoms with Gasteiger partial charge in [0.2, 0.25) is 0 Å². The van der Waals surface area contributed by atoms with Gasteiger partial charge in [-0.2, -0.15) is 10.2 Å². The second kappa shape index (κ2) is 41.7. The van der Waals surface area contributed by atoms with Crippen molar-refractivity contribution in [2.45, 2.75) is 183 Å². The van der Waals surface area contributed by atoms with E-state index in [0.29, 0.717) is 93.2 Å². The van der Waals surface area contributed by atoms with Crippen LogP contribution in [0.15, 0.2) is 146 Å². The summed E-state index contributed by atoms with van der Waals surface area (Å²) in [6.45, 7) is 30.8. The number of ether oxygens (including phenoxy) is 3. The number of carbonyl (C=O) groups excluding carboxylic acids is 4. The van der Waals surface area contributed by atoms with Crippen LogP contribution in [-0.2, 0) is 79.4 Å². The average Bonchev–Trinajstić information content (AvgIpc) is 1.60. The van der Waals surface area contributed by atoms with Crippen LogP contribution in [0.1, 0.15) is 174 Å². The van der Waals surface area contributed by atoms with Crippen LogP contribution in [-0.4, -0.2) is 217 Å². The molecule has 0 unspecified atom stereocenters. The Labute approximate surface area is 715 Å². The van der Waals surface area contributed by atoms with Crippen LogP contribution in [0.5, 0.6) is 0 Å². The number of rotatable bonds is 26. The van der Waals surface area contributed by atoms with Gasteiger partial charge in [0, 0.05) is 214 Å². The summed E-state index contributed by atoms with van der Waals surface area (Å²) in [5.41, 5.74) is 15.1. The van der Waals surface area contributed by atoms with E-state index in [2.05, 4.69) is 88.0 Å². The van der Waals surface area contributed by atoms with E-state index >= 15 is 8.78 Å². The van der Waals surface area contributed by atoms with Crippen LogP contribution in [0, 0.1) is 11.6 Å². The maximum atomic E-state index is 15.3. The first kappa shape index (κ1) is 90.2. The van der Waals surface area contributed by atoms with E-state index in [0.717, 1.165) is 163 Å². The number of hydrogen-bond acceptors (Lipinski definition) is 18. The van der Waals surface area contributed by atoms with Gasteiger partial charge in [-0.1, -0.05) is 74.5 Å². The number of aromatic carboxylic acids is 1. The molecule has 0 bridgehead atoms. The number of fused-ring (bicyclic) bond motifs is 2. The number of nitrogens with zero attached hydrogens (tertiary/aromatic N) is 12. The lowest BCUT2D eigenvalue weighted by molar-refractivity contribution is 0.000502. The van der Waals surface area contributed by atoms with Gasteiger partial charge in [-0.15, -0.1) is 0 Å². The number of nitrogens with one attached hydrogen (secondary N) is 4. The number of carboxylic acids is 1. The minimum absolute atomic E-state index is 0.00258. The lowest BCUT2D eigenvalue weighted by atomic mass is 9.99. The van der Waals surface area contributed by atoms with Crippen molar-refractivity contribution in [2.75, 3.05) is 105 Å². The van der Waals surface area contributed by atoms with E-state index in [4.69, 9.17) is 24.2 Å². The van der Waals surface area contributed by atoms with Crippen molar-refractivity contribution in [3.8, 4) is 22.3 Å². The third-order valence-corrected chi connectivity index (χ3v) is 22.8. The fourth-order valence-electron chi connectivity index (χ4n) is 16.5. The summed E-state index contributed by atoms with van der Waals surface area (Å²) in [5.74, 6) is -2.53. The van der Waals surface area contributed by atoms with E-state index in [9.17, 15) is 29.1 Å². The third kappa shape index (κ3) is 22.8. The second-order valence-electron chi connectivity index (χ2n) is 33.3. The van der Waals surface area contributed by atoms with Crippen molar-refractivity contribution < 1.29 is 52.1 Å². The minimum Gasteiger partial charge on any atom is -0.478 e. The van der Waals surface area contributed by atoms with Crippen LogP contribution in [0.3, 0.4) is 0 Å². The monoisotopic (exact) mass is 1670 g/mol. The quantitative estimate of drug-likeness (QED) is 0.0337. The molecule has 0 radical (unpaired) electrons. The molecule has 0 saturated carbocycles. The Morgan fingerprint density at radius 2 is 1.01 bits per heavy atom. The molecule has 27 heteroatoms. The molecule has 10 aromatic rings. The smallest absolute Gasteiger partial charge is 0.410 e. The number of piperazine rings is 2. The molecule has 14 rings (SSSR count). The Kier molecular flexibility index (Phi) is 30.8. The van der Waals surface area contributed by atoms with Gasteiger partial charge in [0.25, 0.3) is 17.7 Å². The zero-order valence-corrected chi connectivity index (χ0v) is 73.0. The molecule has 0 spiro atoms. The highest BCUT2D eigenvalue weighted by molar-refractivity contribution is 6.00. The van der Waals surface area contributed by atoms with Gasteiger partial charge in [0.1, 0.15) is 17.2 Å². The fourth-order valence-corrected chi connectivity index (χ4v) is 16.5. The lowest BCUT2D eigenvalue weighted by Crippen LogP contribution is -2.54. The molecule has 4 amide bonds. The first-order chi connectivity index (χ1) is 58.7. The molecule has 648 valence electrons. The summed E-state index contributed by atoms with van der Waals surface area (Å²) in [7, 11) is 7.12. The van der Waals surface area contributed by atoms with Crippen molar-refractivity contribution in [3.05, 3.63) is 225 Å². The number of anilines is 2. The molecule has 2 atom stereocenters. The fraction of sp³-hybridized carbons (Fsp3) is 0.442. The Bertz CT molecular complexity index is 5310. The van der Waals surface area contributed by atoms with Crippen molar-refractivity contribution >= 4 is 63.2 Å². The Morgan fingerprint density at radius 1 is 0.557 bits per heavy atom. The van der Waals surface area contributed by atoms with Gasteiger partial charge in [-0.05, 0) is 200 Å². The van der Waals surface area contributed by atoms with Gasteiger partial charge >= 0.3 is 12.1 Å². The van der Waals surface area contributed by atoms with E-state index in [-0.39, 0.29) is 71.7 Å². The maximum absolute atomic E-state index is 15.3. The third-order valence-electron chi connectivity index (χ3n) is 22.8. The number of carboxylic acid groups (broad SMARTS) is 1. The zero-order valence-electron chi connectivity index (χ0n) is 73.0. The average molecular weight is 1670 g/mol. The number of benzene rings is 6. The number of pyridine rings is 2. The number of aromatic nitrogens is 6. The maximum Gasteiger partial charge on any atom is 0.410 e. The molecular formula is C95H120F2N16O9. The first-order valence-electron chi connectivity index (χ1n) is 42.9. The summed E-state index contributed by atoms with van der Waals surface area (Å²) in [4.78, 5) is 85.8. The number of hydrogen-bond donors (Lipinski definition) is 5. The van der Waals surface area contributed by atoms with Gasteiger partial charge in [0.05, 0.1) is 40.1 Å². The van der Waals surface area contributed by atoms with Crippen LogP contribution in [0.4, 0.5) is 25.0 Å². The standard InChI is InChI=1S/C45H55FN8O3.C33H38FN3O5.C17H27N5O/c1-6-41-39(42(49-36-16-20-57-21-17-36)38-25-48-54(7-2)43(38)50-41)29-52(5)45(56)35-13-9-12-34(24-35)44(55)51(4)27-32-14-15-40(46)37(23-32)33-11-8-10-31(22-33)28-53-19-18-47-30(3)26-53;1-22-19-36(14-15-37(22)32(41)42-33(2,3)4)21-23-8-6-9-25(16-23)28-17-24(12-13-29(28)34)20-35(5)30(38)26-10-7-11-27(18-26)31(39)40;1-4-15-13(10-18-3)16(20-12-6-8-23-9-7-12)14-11-19-22(5-2)17(14)21-15/h8-15,22-25,30,36,47H,6-7,16-21,26-29H2,1-5H3,(H,49,50);6-13,16-18,22H,14-15,19-21H2,1-5H3,(H,39,40);11-12,18H,4-10H2,1-3H3,(H,20,21)/t30-;22-;/m00./s1. The highest BCUT2D eigenvalue weighted by Crippen LogP contribution is 2.36. The SMILES string of the molecule is CCc1nc2c(cnn2CC)c(NC2CCOCC2)c1CN(C)C(=O)c1cccc(C(=O)N(C)Cc2ccc(F)c(-c3cccc(CN4CCN[C@@H](C)C4)c3)c2)c1.CCc1nc2c(cnn2CC)c(NC2CCOCC2)c1CNC.C[C@H]1CN(Cc2cccc(-c3cc(CN(C)C(=O)c4cccc(C(=O)O)c4)ccc3F)c2)CCN1C(=O)OC(C)(C)C. The lowest BCUT2D eigenvalue weighted by Gasteiger charge is -2.40. The molecule has 25 nitrogen and oxygen atoms in total. The molecular weight excluding hydrogens is 1550 g/mol. The normalized spacial score (nSPS) is 16.2. The second-order valence-corrected chi connectivity index (χ2v) is 33.3. The summed E-state index contributed by atoms with van der Waals surface area (Å²) in [6, 6.07) is 39.5. The van der Waals surface area contributed by atoms with Crippen molar-refractivity contribution in [1.82, 2.24) is 69.6 Å². The molecule has 4 aliphatic heterocycles. The summed E-state index contributed by atoms with van der Waals surface area (Å²) < 4.78 is 50.9. The Morgan fingerprint density at radius 3 is 1.46 bits per heavy atom. The first-order valence-corrected chi connectivity index (χ1v) is 42.9. The largest absolute Gasteiger partial charge is 0.478 e. The number of aryl methyl sites for hydroxylation is 4. The van der Waals surface area contributed by atoms with E-state index in [1.807, 2.05) is 99.0 Å². The number of carbonyl (C=O) groups is 5. The molecule has 4 aliphatic rings. The van der Waals surface area contributed by atoms with Gasteiger partial charge < -0.3 is 60.2 Å². The molecule has 4 saturated heterocycles. The van der Waals surface area contributed by atoms with Gasteiger partial charge in [-0.3, -0.25) is 24.2 Å². The molecule has 6 aromatic carbocycles. The van der Waals surface area contributed by atoms with Crippen LogP contribution >= 0.6 is 0 Å². The van der Waals surface area contributed by atoms with Crippen LogP contribution < -0.4 is 21.3 Å². The topological polar surface area (TPSA) is 262 Å². The predicted molar refractivity (Wildman–Crippen MR) is 474 cm³/mol. The van der Waals surface area contributed by atoms with E-state index < -0.39 is 11.6 Å². The van der Waals surface area contributed by atoms with Gasteiger partial charge in [0.15, 0.2) is 11.3 Å². The van der Waals surface area contributed by atoms with E-state index in [1.165, 1.54) is 46.5 Å². The zero-order chi connectivity index (χ0) is 86.9. The van der Waals surface area contributed by atoms with Crippen molar-refractivity contribution in [3.63, 3.8) is 0 Å². The molecule has 5 N–H and O–H groups in total. The van der Waals surface area contributed by atoms with Crippen LogP contribution in [0.2, 0.25) is 0 Å². The van der Waals surface area contributed by atoms with Crippen molar-refractivity contribution in [1.29, 1.82) is 0 Å². The summed E-state index contributed by atoms with van der Waals surface area (Å²) >= 11 is 0. The predicted octanol–water partition coefficient (Wildman–Crippen LogP) is 15.0. The van der Waals surface area contributed by atoms with Crippen molar-refractivity contribution in [2.24, 2.45) is 0 Å². The minimum atomic E-state index is -1.10. The molecule has 4 fully saturated rings. The highest BCUT2D eigenvalue weighted by Gasteiger charge is 2.33. The highest BCUT2D eigenvalue weighted by atomic mass is 19.1. The Hall–Kier alpha value is -11.1. The molecule has 122 heavy (non-hydrogen) atoms. The van der Waals surface area contributed by atoms with Gasteiger partial charge in [-0.25, -0.2) is 37.7 Å². The number of amides is 4. The number of halogens is 2. The molecule has 0 aliphatic carbocycles. The Balaban J connectivity index is 0.000000183. The molecule has 8 heterocycles. The summed E-state index contributed by atoms with van der Waals surface area (Å²) in [6.07, 6.45) is 9.01. The van der Waals surface area contributed by atoms with E-state index in [1.54, 1.807) is 84.4 Å². The molecule has 4 aromatic heterocycles. The van der Waals surface area contributed by atoms with Crippen LogP contribution in [0.25, 0.3) is 44.3 Å². The summed E-state index contributed by atoms with van der Waals surface area (Å²) in [5, 5.41) is 34.8.